The number of Topliss-reactive ketones (excluding diaryl/α,β-unsaturated/α-hetero) is 1. The third kappa shape index (κ3) is 8.74. The Morgan fingerprint density at radius 1 is 1.12 bits per heavy atom. The van der Waals surface area contributed by atoms with Crippen LogP contribution in [-0.4, -0.2) is 90.1 Å². The molecule has 15 heteroatoms. The van der Waals surface area contributed by atoms with Gasteiger partial charge in [0.15, 0.2) is 17.2 Å². The Hall–Kier alpha value is -3.78. The number of oxime groups is 1. The molecule has 4 aliphatic rings. The lowest BCUT2D eigenvalue weighted by Gasteiger charge is -2.36. The Morgan fingerprint density at radius 2 is 1.82 bits per heavy atom. The highest BCUT2D eigenvalue weighted by Gasteiger charge is 2.56. The molecule has 3 aliphatic heterocycles. The Morgan fingerprint density at radius 3 is 2.42 bits per heavy atom. The van der Waals surface area contributed by atoms with Gasteiger partial charge in [-0.15, -0.1) is 0 Å². The second-order valence-electron chi connectivity index (χ2n) is 15.0. The van der Waals surface area contributed by atoms with Crippen molar-refractivity contribution in [1.82, 2.24) is 15.5 Å². The molecule has 3 heterocycles. The van der Waals surface area contributed by atoms with Crippen LogP contribution < -0.4 is 21.1 Å². The van der Waals surface area contributed by atoms with Crippen LogP contribution in [0.3, 0.4) is 0 Å². The molecule has 50 heavy (non-hydrogen) atoms. The second-order valence-corrected chi connectivity index (χ2v) is 15.4. The number of hydrogen-bond donors (Lipinski definition) is 3. The third-order valence-electron chi connectivity index (χ3n) is 9.82. The molecule has 2 saturated heterocycles. The molecule has 274 valence electrons. The highest BCUT2D eigenvalue weighted by atomic mass is 35.5. The Bertz CT molecular complexity index is 1520. The minimum Gasteiger partial charge on any atom is -0.489 e. The van der Waals surface area contributed by atoms with E-state index in [9.17, 15) is 28.4 Å². The number of nitrogens with one attached hydrogen (secondary N) is 2. The first-order valence-corrected chi connectivity index (χ1v) is 17.7. The molecule has 0 bridgehead atoms. The summed E-state index contributed by atoms with van der Waals surface area (Å²) in [6.45, 7) is 8.44. The molecule has 0 unspecified atom stereocenters. The van der Waals surface area contributed by atoms with Crippen LogP contribution in [0.5, 0.6) is 5.75 Å². The number of ketones is 1. The van der Waals surface area contributed by atoms with Gasteiger partial charge in [-0.25, -0.2) is 4.39 Å². The van der Waals surface area contributed by atoms with E-state index in [0.29, 0.717) is 24.5 Å². The van der Waals surface area contributed by atoms with E-state index in [0.717, 1.165) is 25.7 Å². The lowest BCUT2D eigenvalue weighted by Crippen LogP contribution is -2.59. The van der Waals surface area contributed by atoms with E-state index in [4.69, 9.17) is 31.6 Å². The maximum absolute atomic E-state index is 14.9. The van der Waals surface area contributed by atoms with E-state index in [1.54, 1.807) is 6.92 Å². The molecule has 1 aliphatic carbocycles. The molecule has 5 rings (SSSR count). The summed E-state index contributed by atoms with van der Waals surface area (Å²) >= 11 is 6.32. The van der Waals surface area contributed by atoms with Gasteiger partial charge in [0.2, 0.25) is 23.5 Å². The summed E-state index contributed by atoms with van der Waals surface area (Å²) < 4.78 is 25.7. The zero-order valence-corrected chi connectivity index (χ0v) is 29.8. The average molecular weight is 720 g/mol. The average Bonchev–Trinajstić information content (AvgIpc) is 3.65. The predicted octanol–water partition coefficient (Wildman–Crippen LogP) is 3.03. The first-order chi connectivity index (χ1) is 23.6. The van der Waals surface area contributed by atoms with Crippen molar-refractivity contribution in [2.75, 3.05) is 26.4 Å². The summed E-state index contributed by atoms with van der Waals surface area (Å²) in [5, 5.41) is 9.92. The molecule has 4 atom stereocenters. The number of carbonyl (C=O) groups excluding carboxylic acids is 5. The molecule has 4 amide bonds. The molecule has 1 saturated carbocycles. The third-order valence-corrected chi connectivity index (χ3v) is 10.1. The molecule has 13 nitrogen and oxygen atoms in total. The lowest BCUT2D eigenvalue weighted by atomic mass is 9.85. The van der Waals surface area contributed by atoms with Crippen molar-refractivity contribution in [3.05, 3.63) is 28.5 Å². The van der Waals surface area contributed by atoms with Gasteiger partial charge in [0.05, 0.1) is 29.9 Å². The van der Waals surface area contributed by atoms with Crippen LogP contribution >= 0.6 is 11.6 Å². The molecule has 0 aromatic heterocycles. The SMILES string of the molecule is CCOc1c(F)cc(C2=NO[C@]3(C2)C[C@@H](C(=O)N[C@@H](CC2CC2)C(=O)C(N)=O)N(C(=O)[C@@H](NC(=O)CC2CCOCC2)C(C)(C)C)C3)cc1Cl. The van der Waals surface area contributed by atoms with Gasteiger partial charge in [-0.3, -0.25) is 24.0 Å². The fourth-order valence-electron chi connectivity index (χ4n) is 6.90. The highest BCUT2D eigenvalue weighted by Crippen LogP contribution is 2.41. The number of benzene rings is 1. The van der Waals surface area contributed by atoms with Gasteiger partial charge in [0.1, 0.15) is 12.1 Å². The van der Waals surface area contributed by atoms with Crippen LogP contribution in [0.2, 0.25) is 5.02 Å². The van der Waals surface area contributed by atoms with Crippen LogP contribution in [0.4, 0.5) is 4.39 Å². The maximum Gasteiger partial charge on any atom is 0.287 e. The molecule has 1 spiro atoms. The fraction of sp³-hybridized carbons (Fsp3) is 0.657. The number of primary amides is 1. The number of likely N-dealkylation sites (tertiary alicyclic amines) is 1. The zero-order valence-electron chi connectivity index (χ0n) is 29.0. The molecular weight excluding hydrogens is 673 g/mol. The molecule has 0 radical (unpaired) electrons. The topological polar surface area (TPSA) is 179 Å². The molecular formula is C35H47ClFN5O8. The van der Waals surface area contributed by atoms with Crippen LogP contribution in [-0.2, 0) is 33.5 Å². The van der Waals surface area contributed by atoms with Crippen LogP contribution in [0, 0.1) is 23.1 Å². The van der Waals surface area contributed by atoms with Crippen LogP contribution in [0.1, 0.15) is 84.6 Å². The normalized spacial score (nSPS) is 23.5. The van der Waals surface area contributed by atoms with E-state index >= 15 is 0 Å². The maximum atomic E-state index is 14.9. The van der Waals surface area contributed by atoms with Crippen LogP contribution in [0.15, 0.2) is 17.3 Å². The van der Waals surface area contributed by atoms with E-state index in [2.05, 4.69) is 15.8 Å². The van der Waals surface area contributed by atoms with Crippen molar-refractivity contribution in [3.63, 3.8) is 0 Å². The second kappa shape index (κ2) is 15.2. The quantitative estimate of drug-likeness (QED) is 0.261. The first-order valence-electron chi connectivity index (χ1n) is 17.3. The van der Waals surface area contributed by atoms with Crippen LogP contribution in [0.25, 0.3) is 0 Å². The summed E-state index contributed by atoms with van der Waals surface area (Å²) in [6.07, 6.45) is 3.77. The largest absolute Gasteiger partial charge is 0.489 e. The summed E-state index contributed by atoms with van der Waals surface area (Å²) in [5.74, 6) is -4.00. The van der Waals surface area contributed by atoms with E-state index in [1.165, 1.54) is 17.0 Å². The van der Waals surface area contributed by atoms with E-state index < -0.39 is 58.5 Å². The lowest BCUT2D eigenvalue weighted by molar-refractivity contribution is -0.145. The van der Waals surface area contributed by atoms with Gasteiger partial charge in [-0.05, 0) is 55.6 Å². The number of rotatable bonds is 13. The van der Waals surface area contributed by atoms with Crippen molar-refractivity contribution >= 4 is 46.7 Å². The monoisotopic (exact) mass is 719 g/mol. The van der Waals surface area contributed by atoms with E-state index in [-0.39, 0.29) is 67.4 Å². The minimum atomic E-state index is -1.19. The van der Waals surface area contributed by atoms with Gasteiger partial charge in [-0.2, -0.15) is 0 Å². The number of carbonyl (C=O) groups is 5. The number of halogens is 2. The number of amides is 4. The van der Waals surface area contributed by atoms with Gasteiger partial charge in [0, 0.05) is 38.0 Å². The predicted molar refractivity (Wildman–Crippen MR) is 181 cm³/mol. The zero-order chi connectivity index (χ0) is 36.4. The van der Waals surface area contributed by atoms with Gasteiger partial charge < -0.3 is 35.6 Å². The van der Waals surface area contributed by atoms with Crippen molar-refractivity contribution in [2.45, 2.75) is 103 Å². The van der Waals surface area contributed by atoms with Gasteiger partial charge in [0.25, 0.3) is 5.91 Å². The Labute approximate surface area is 296 Å². The highest BCUT2D eigenvalue weighted by molar-refractivity contribution is 6.38. The Balaban J connectivity index is 1.41. The number of hydrogen-bond acceptors (Lipinski definition) is 9. The summed E-state index contributed by atoms with van der Waals surface area (Å²) in [4.78, 5) is 73.8. The van der Waals surface area contributed by atoms with Crippen molar-refractivity contribution in [3.8, 4) is 5.75 Å². The molecule has 1 aromatic rings. The molecule has 1 aromatic carbocycles. The van der Waals surface area contributed by atoms with E-state index in [1.807, 2.05) is 20.8 Å². The minimum absolute atomic E-state index is 0.0292. The van der Waals surface area contributed by atoms with Gasteiger partial charge >= 0.3 is 0 Å². The number of nitrogens with zero attached hydrogens (tertiary/aromatic N) is 2. The summed E-state index contributed by atoms with van der Waals surface area (Å²) in [7, 11) is 0. The standard InChI is InChI=1S/C35H47ClFN5O8/c1-5-49-29-22(36)14-21(15-23(29)37)25-16-35(50-41-25)17-26(32(46)39-24(12-19-6-7-19)28(44)31(38)45)42(18-35)33(47)30(34(2,3)4)40-27(43)13-20-8-10-48-11-9-20/h14-15,19-20,24,26,30H,5-13,16-18H2,1-4H3,(H2,38,45)(H,39,46)(H,40,43)/t24-,26-,30+,35+/m0/s1. The van der Waals surface area contributed by atoms with Gasteiger partial charge in [-0.1, -0.05) is 50.4 Å². The number of nitrogens with two attached hydrogens (primary N) is 1. The fourth-order valence-corrected chi connectivity index (χ4v) is 7.16. The molecule has 3 fully saturated rings. The molecule has 4 N–H and O–H groups in total. The van der Waals surface area contributed by atoms with Crippen molar-refractivity contribution in [1.29, 1.82) is 0 Å². The summed E-state index contributed by atoms with van der Waals surface area (Å²) in [5.41, 5.74) is 4.08. The number of ether oxygens (including phenoxy) is 2. The van der Waals surface area contributed by atoms with Crippen molar-refractivity contribution in [2.24, 2.45) is 28.1 Å². The first kappa shape index (κ1) is 37.5. The smallest absolute Gasteiger partial charge is 0.287 e. The Kier molecular flexibility index (Phi) is 11.4. The van der Waals surface area contributed by atoms with Crippen molar-refractivity contribution < 1.29 is 42.7 Å². The summed E-state index contributed by atoms with van der Waals surface area (Å²) in [6, 6.07) is -0.570.